The van der Waals surface area contributed by atoms with E-state index < -0.39 is 0 Å². The average Bonchev–Trinajstić information content (AvgIpc) is 2.48. The van der Waals surface area contributed by atoms with Crippen molar-refractivity contribution in [1.29, 1.82) is 0 Å². The summed E-state index contributed by atoms with van der Waals surface area (Å²) in [5, 5.41) is 2.77. The zero-order valence-corrected chi connectivity index (χ0v) is 11.6. The Labute approximate surface area is 117 Å². The number of methoxy groups -OCH3 is 2. The number of aryl methyl sites for hydroxylation is 1. The number of para-hydroxylation sites is 1. The van der Waals surface area contributed by atoms with E-state index in [-0.39, 0.29) is 5.91 Å². The molecule has 0 aliphatic carbocycles. The van der Waals surface area contributed by atoms with Gasteiger partial charge in [-0.2, -0.15) is 0 Å². The van der Waals surface area contributed by atoms with Crippen molar-refractivity contribution in [3.63, 3.8) is 0 Å². The number of nitrogens with one attached hydrogen (secondary N) is 1. The van der Waals surface area contributed by atoms with Gasteiger partial charge in [-0.25, -0.2) is 4.98 Å². The van der Waals surface area contributed by atoms with Gasteiger partial charge < -0.3 is 14.8 Å². The molecule has 2 aromatic rings. The first kappa shape index (κ1) is 13.9. The molecule has 0 spiro atoms. The Morgan fingerprint density at radius 3 is 2.60 bits per heavy atom. The van der Waals surface area contributed by atoms with Crippen LogP contribution in [0.4, 0.5) is 5.82 Å². The van der Waals surface area contributed by atoms with Crippen molar-refractivity contribution in [2.75, 3.05) is 19.5 Å². The lowest BCUT2D eigenvalue weighted by Gasteiger charge is -2.12. The quantitative estimate of drug-likeness (QED) is 0.929. The number of ether oxygens (including phenoxy) is 2. The average molecular weight is 272 g/mol. The van der Waals surface area contributed by atoms with Crippen LogP contribution in [-0.4, -0.2) is 25.1 Å². The van der Waals surface area contributed by atoms with Crippen LogP contribution in [0.1, 0.15) is 15.9 Å². The molecular weight excluding hydrogens is 256 g/mol. The Bertz CT molecular complexity index is 626. The van der Waals surface area contributed by atoms with Crippen LogP contribution >= 0.6 is 0 Å². The molecule has 0 fully saturated rings. The number of carbonyl (C=O) groups excluding carboxylic acids is 1. The Balaban J connectivity index is 2.32. The number of hydrogen-bond donors (Lipinski definition) is 1. The molecule has 1 aromatic carbocycles. The van der Waals surface area contributed by atoms with E-state index in [0.29, 0.717) is 22.9 Å². The van der Waals surface area contributed by atoms with Crippen LogP contribution < -0.4 is 14.8 Å². The van der Waals surface area contributed by atoms with Crippen LogP contribution in [0, 0.1) is 6.92 Å². The molecule has 0 aliphatic rings. The summed E-state index contributed by atoms with van der Waals surface area (Å²) in [6, 6.07) is 8.85. The van der Waals surface area contributed by atoms with Gasteiger partial charge in [0.05, 0.1) is 19.8 Å². The maximum absolute atomic E-state index is 12.3. The number of carbonyl (C=O) groups is 1. The minimum atomic E-state index is -0.289. The number of aromatic nitrogens is 1. The summed E-state index contributed by atoms with van der Waals surface area (Å²) >= 11 is 0. The summed E-state index contributed by atoms with van der Waals surface area (Å²) in [4.78, 5) is 16.5. The van der Waals surface area contributed by atoms with Gasteiger partial charge in [0.15, 0.2) is 11.5 Å². The lowest BCUT2D eigenvalue weighted by Crippen LogP contribution is -2.15. The highest BCUT2D eigenvalue weighted by Crippen LogP contribution is 2.31. The van der Waals surface area contributed by atoms with Gasteiger partial charge in [-0.3, -0.25) is 4.79 Å². The first-order chi connectivity index (χ1) is 9.67. The predicted octanol–water partition coefficient (Wildman–Crippen LogP) is 2.66. The number of nitrogens with zero attached hydrogens (tertiary/aromatic N) is 1. The molecule has 0 unspecified atom stereocenters. The van der Waals surface area contributed by atoms with Crippen LogP contribution in [-0.2, 0) is 0 Å². The third-order valence-electron chi connectivity index (χ3n) is 2.89. The fourth-order valence-corrected chi connectivity index (χ4v) is 1.86. The molecule has 1 aromatic heterocycles. The third-order valence-corrected chi connectivity index (χ3v) is 2.89. The summed E-state index contributed by atoms with van der Waals surface area (Å²) in [5.41, 5.74) is 1.29. The standard InChI is InChI=1S/C15H16N2O3/c1-10-6-5-9-16-14(10)17-15(18)11-7-4-8-12(19-2)13(11)20-3/h4-9H,1-3H3,(H,16,17,18). The lowest BCUT2D eigenvalue weighted by molar-refractivity contribution is 0.102. The predicted molar refractivity (Wildman–Crippen MR) is 76.5 cm³/mol. The van der Waals surface area contributed by atoms with Gasteiger partial charge in [-0.1, -0.05) is 12.1 Å². The zero-order chi connectivity index (χ0) is 14.5. The second-order valence-corrected chi connectivity index (χ2v) is 4.16. The first-order valence-electron chi connectivity index (χ1n) is 6.11. The summed E-state index contributed by atoms with van der Waals surface area (Å²) in [7, 11) is 3.03. The van der Waals surface area contributed by atoms with E-state index in [2.05, 4.69) is 10.3 Å². The van der Waals surface area contributed by atoms with Crippen molar-refractivity contribution in [3.05, 3.63) is 47.7 Å². The van der Waals surface area contributed by atoms with Gasteiger partial charge in [0.25, 0.3) is 5.91 Å². The molecule has 0 aliphatic heterocycles. The lowest BCUT2D eigenvalue weighted by atomic mass is 10.1. The van der Waals surface area contributed by atoms with Gasteiger partial charge in [0.2, 0.25) is 0 Å². The minimum absolute atomic E-state index is 0.289. The Hall–Kier alpha value is -2.56. The van der Waals surface area contributed by atoms with Crippen molar-refractivity contribution in [3.8, 4) is 11.5 Å². The number of hydrogen-bond acceptors (Lipinski definition) is 4. The maximum atomic E-state index is 12.3. The molecule has 104 valence electrons. The second kappa shape index (κ2) is 6.06. The normalized spacial score (nSPS) is 9.95. The first-order valence-corrected chi connectivity index (χ1v) is 6.11. The van der Waals surface area contributed by atoms with E-state index in [1.807, 2.05) is 19.1 Å². The van der Waals surface area contributed by atoms with E-state index >= 15 is 0 Å². The third kappa shape index (κ3) is 2.71. The smallest absolute Gasteiger partial charge is 0.260 e. The monoisotopic (exact) mass is 272 g/mol. The van der Waals surface area contributed by atoms with Crippen molar-refractivity contribution in [1.82, 2.24) is 4.98 Å². The molecule has 5 nitrogen and oxygen atoms in total. The molecule has 0 saturated carbocycles. The van der Waals surface area contributed by atoms with E-state index in [0.717, 1.165) is 5.56 Å². The molecule has 1 N–H and O–H groups in total. The fourth-order valence-electron chi connectivity index (χ4n) is 1.86. The molecule has 20 heavy (non-hydrogen) atoms. The Morgan fingerprint density at radius 2 is 1.95 bits per heavy atom. The van der Waals surface area contributed by atoms with Crippen molar-refractivity contribution in [2.45, 2.75) is 6.92 Å². The number of rotatable bonds is 4. The highest BCUT2D eigenvalue weighted by Gasteiger charge is 2.17. The van der Waals surface area contributed by atoms with E-state index in [1.165, 1.54) is 14.2 Å². The van der Waals surface area contributed by atoms with Gasteiger partial charge >= 0.3 is 0 Å². The molecule has 2 rings (SSSR count). The van der Waals surface area contributed by atoms with Crippen molar-refractivity contribution >= 4 is 11.7 Å². The molecule has 0 atom stereocenters. The highest BCUT2D eigenvalue weighted by molar-refractivity contribution is 6.06. The molecule has 1 heterocycles. The van der Waals surface area contributed by atoms with Gasteiger partial charge in [-0.05, 0) is 30.7 Å². The van der Waals surface area contributed by atoms with Crippen LogP contribution in [0.3, 0.4) is 0 Å². The second-order valence-electron chi connectivity index (χ2n) is 4.16. The molecular formula is C15H16N2O3. The van der Waals surface area contributed by atoms with Crippen molar-refractivity contribution < 1.29 is 14.3 Å². The Kier molecular flexibility index (Phi) is 4.20. The van der Waals surface area contributed by atoms with Crippen LogP contribution in [0.5, 0.6) is 11.5 Å². The number of pyridine rings is 1. The summed E-state index contributed by atoms with van der Waals surface area (Å²) in [6.45, 7) is 1.88. The summed E-state index contributed by atoms with van der Waals surface area (Å²) in [5.74, 6) is 1.16. The Morgan fingerprint density at radius 1 is 1.15 bits per heavy atom. The topological polar surface area (TPSA) is 60.5 Å². The molecule has 1 amide bonds. The highest BCUT2D eigenvalue weighted by atomic mass is 16.5. The number of amides is 1. The summed E-state index contributed by atoms with van der Waals surface area (Å²) in [6.07, 6.45) is 1.63. The SMILES string of the molecule is COc1cccc(C(=O)Nc2ncccc2C)c1OC. The molecule has 5 heteroatoms. The minimum Gasteiger partial charge on any atom is -0.493 e. The van der Waals surface area contributed by atoms with E-state index in [9.17, 15) is 4.79 Å². The van der Waals surface area contributed by atoms with Crippen LogP contribution in [0.15, 0.2) is 36.5 Å². The van der Waals surface area contributed by atoms with Gasteiger partial charge in [0.1, 0.15) is 5.82 Å². The van der Waals surface area contributed by atoms with Crippen molar-refractivity contribution in [2.24, 2.45) is 0 Å². The number of anilines is 1. The van der Waals surface area contributed by atoms with Gasteiger partial charge in [-0.15, -0.1) is 0 Å². The fraction of sp³-hybridized carbons (Fsp3) is 0.200. The zero-order valence-electron chi connectivity index (χ0n) is 11.6. The molecule has 0 radical (unpaired) electrons. The molecule has 0 saturated heterocycles. The maximum Gasteiger partial charge on any atom is 0.260 e. The molecule has 0 bridgehead atoms. The van der Waals surface area contributed by atoms with E-state index in [1.54, 1.807) is 24.4 Å². The van der Waals surface area contributed by atoms with Gasteiger partial charge in [0, 0.05) is 6.20 Å². The number of benzene rings is 1. The summed E-state index contributed by atoms with van der Waals surface area (Å²) < 4.78 is 10.4. The van der Waals surface area contributed by atoms with Crippen LogP contribution in [0.2, 0.25) is 0 Å². The van der Waals surface area contributed by atoms with Crippen LogP contribution in [0.25, 0.3) is 0 Å². The van der Waals surface area contributed by atoms with E-state index in [4.69, 9.17) is 9.47 Å². The largest absolute Gasteiger partial charge is 0.493 e.